The van der Waals surface area contributed by atoms with E-state index in [1.165, 1.54) is 23.3 Å². The summed E-state index contributed by atoms with van der Waals surface area (Å²) in [4.78, 5) is 28.3. The molecular formula is C33H34N2O8S. The quantitative estimate of drug-likeness (QED) is 0.218. The molecule has 0 fully saturated rings. The second kappa shape index (κ2) is 12.8. The van der Waals surface area contributed by atoms with Crippen molar-refractivity contribution in [3.8, 4) is 17.2 Å². The lowest BCUT2D eigenvalue weighted by atomic mass is 10.0. The average molecular weight is 619 g/mol. The summed E-state index contributed by atoms with van der Waals surface area (Å²) in [5.41, 5.74) is 2.41. The van der Waals surface area contributed by atoms with Gasteiger partial charge in [0.1, 0.15) is 5.75 Å². The standard InChI is InChI=1S/C33H34N2O8S/c1-5-7-23-18-25(33(37)35(4)30-8-6-17-40-30)12-15-27(23)43-31(24-11-16-28-29(19-24)42-20-41-28)32(36)34-44(38,39)26-13-9-22(10-14-26)21(2)3/h6,8-19,21,31H,5,7,20H2,1-4H3,(H,34,36). The molecule has 2 heterocycles. The topological polar surface area (TPSA) is 124 Å². The lowest BCUT2D eigenvalue weighted by Crippen LogP contribution is -2.37. The van der Waals surface area contributed by atoms with Gasteiger partial charge in [-0.1, -0.05) is 45.4 Å². The number of furan rings is 1. The molecule has 1 aromatic heterocycles. The van der Waals surface area contributed by atoms with Crippen molar-refractivity contribution in [2.24, 2.45) is 0 Å². The number of nitrogens with one attached hydrogen (secondary N) is 1. The van der Waals surface area contributed by atoms with E-state index in [1.54, 1.807) is 67.7 Å². The van der Waals surface area contributed by atoms with Crippen molar-refractivity contribution in [3.63, 3.8) is 0 Å². The first-order valence-corrected chi connectivity index (χ1v) is 15.7. The van der Waals surface area contributed by atoms with Crippen LogP contribution in [0.15, 0.2) is 88.4 Å². The third kappa shape index (κ3) is 6.57. The zero-order valence-electron chi connectivity index (χ0n) is 24.9. The molecule has 1 N–H and O–H groups in total. The van der Waals surface area contributed by atoms with Crippen molar-refractivity contribution >= 4 is 27.7 Å². The lowest BCUT2D eigenvalue weighted by Gasteiger charge is -2.22. The second-order valence-corrected chi connectivity index (χ2v) is 12.4. The molecular weight excluding hydrogens is 584 g/mol. The number of hydrogen-bond donors (Lipinski definition) is 1. The van der Waals surface area contributed by atoms with Crippen LogP contribution in [0.25, 0.3) is 0 Å². The summed E-state index contributed by atoms with van der Waals surface area (Å²) >= 11 is 0. The molecule has 5 rings (SSSR count). The van der Waals surface area contributed by atoms with E-state index >= 15 is 0 Å². The Hall–Kier alpha value is -4.77. The number of sulfonamides is 1. The normalized spacial score (nSPS) is 13.0. The summed E-state index contributed by atoms with van der Waals surface area (Å²) in [7, 11) is -2.61. The smallest absolute Gasteiger partial charge is 0.279 e. The monoisotopic (exact) mass is 618 g/mol. The number of hydrogen-bond acceptors (Lipinski definition) is 8. The van der Waals surface area contributed by atoms with Gasteiger partial charge in [-0.3, -0.25) is 14.5 Å². The van der Waals surface area contributed by atoms with Gasteiger partial charge in [0.15, 0.2) is 11.5 Å². The Kier molecular flexibility index (Phi) is 8.96. The van der Waals surface area contributed by atoms with Crippen LogP contribution in [-0.2, 0) is 21.2 Å². The number of amides is 2. The molecule has 0 radical (unpaired) electrons. The number of anilines is 1. The fourth-order valence-electron chi connectivity index (χ4n) is 4.80. The van der Waals surface area contributed by atoms with Gasteiger partial charge in [0.2, 0.25) is 18.8 Å². The highest BCUT2D eigenvalue weighted by molar-refractivity contribution is 7.90. The van der Waals surface area contributed by atoms with Crippen molar-refractivity contribution in [3.05, 3.63) is 101 Å². The van der Waals surface area contributed by atoms with Crippen molar-refractivity contribution in [1.82, 2.24) is 4.72 Å². The van der Waals surface area contributed by atoms with E-state index in [4.69, 9.17) is 18.6 Å². The number of aryl methyl sites for hydroxylation is 1. The third-order valence-corrected chi connectivity index (χ3v) is 8.61. The van der Waals surface area contributed by atoms with Crippen molar-refractivity contribution in [2.45, 2.75) is 50.5 Å². The molecule has 44 heavy (non-hydrogen) atoms. The summed E-state index contributed by atoms with van der Waals surface area (Å²) in [5, 5.41) is 0. The van der Waals surface area contributed by atoms with Gasteiger partial charge >= 0.3 is 0 Å². The summed E-state index contributed by atoms with van der Waals surface area (Å²) in [5.74, 6) is 0.676. The van der Waals surface area contributed by atoms with Crippen LogP contribution in [0.2, 0.25) is 0 Å². The maximum atomic E-state index is 13.7. The van der Waals surface area contributed by atoms with Gasteiger partial charge in [0, 0.05) is 24.2 Å². The average Bonchev–Trinajstić information content (AvgIpc) is 3.72. The van der Waals surface area contributed by atoms with E-state index in [9.17, 15) is 18.0 Å². The Morgan fingerprint density at radius 3 is 2.36 bits per heavy atom. The maximum absolute atomic E-state index is 13.7. The zero-order valence-corrected chi connectivity index (χ0v) is 25.7. The number of carbonyl (C=O) groups excluding carboxylic acids is 2. The van der Waals surface area contributed by atoms with E-state index in [1.807, 2.05) is 20.8 Å². The minimum atomic E-state index is -4.22. The summed E-state index contributed by atoms with van der Waals surface area (Å²) in [6.07, 6.45) is 1.37. The summed E-state index contributed by atoms with van der Waals surface area (Å²) in [6, 6.07) is 19.5. The maximum Gasteiger partial charge on any atom is 0.279 e. The van der Waals surface area contributed by atoms with Crippen molar-refractivity contribution in [1.29, 1.82) is 0 Å². The first kappa shape index (κ1) is 30.7. The minimum Gasteiger partial charge on any atom is -0.475 e. The van der Waals surface area contributed by atoms with Crippen molar-refractivity contribution in [2.75, 3.05) is 18.7 Å². The molecule has 0 bridgehead atoms. The number of ether oxygens (including phenoxy) is 3. The van der Waals surface area contributed by atoms with Gasteiger partial charge in [0.25, 0.3) is 21.8 Å². The summed E-state index contributed by atoms with van der Waals surface area (Å²) < 4.78 is 51.3. The zero-order chi connectivity index (χ0) is 31.4. The summed E-state index contributed by atoms with van der Waals surface area (Å²) in [6.45, 7) is 6.02. The molecule has 0 saturated carbocycles. The number of rotatable bonds is 11. The second-order valence-electron chi connectivity index (χ2n) is 10.7. The van der Waals surface area contributed by atoms with Crippen LogP contribution in [0.3, 0.4) is 0 Å². The number of fused-ring (bicyclic) bond motifs is 1. The largest absolute Gasteiger partial charge is 0.475 e. The van der Waals surface area contributed by atoms with Crippen LogP contribution in [0.1, 0.15) is 66.3 Å². The molecule has 10 nitrogen and oxygen atoms in total. The molecule has 1 aliphatic heterocycles. The molecule has 11 heteroatoms. The molecule has 0 spiro atoms. The lowest BCUT2D eigenvalue weighted by molar-refractivity contribution is -0.126. The SMILES string of the molecule is CCCc1cc(C(=O)N(C)c2ccco2)ccc1OC(C(=O)NS(=O)(=O)c1ccc(C(C)C)cc1)c1ccc2c(c1)OCO2. The Bertz CT molecular complexity index is 1750. The van der Waals surface area contributed by atoms with E-state index in [0.717, 1.165) is 12.0 Å². The van der Waals surface area contributed by atoms with Gasteiger partial charge in [-0.25, -0.2) is 13.1 Å². The van der Waals surface area contributed by atoms with Crippen LogP contribution < -0.4 is 23.8 Å². The molecule has 4 aromatic rings. The first-order valence-electron chi connectivity index (χ1n) is 14.2. The van der Waals surface area contributed by atoms with Gasteiger partial charge in [-0.05, 0) is 72.0 Å². The molecule has 1 aliphatic rings. The van der Waals surface area contributed by atoms with E-state index < -0.39 is 22.0 Å². The van der Waals surface area contributed by atoms with Gasteiger partial charge in [-0.15, -0.1) is 0 Å². The Labute approximate surface area is 256 Å². The van der Waals surface area contributed by atoms with E-state index in [0.29, 0.717) is 46.2 Å². The minimum absolute atomic E-state index is 0.0276. The predicted molar refractivity (Wildman–Crippen MR) is 164 cm³/mol. The molecule has 1 unspecified atom stereocenters. The molecule has 2 amide bonds. The van der Waals surface area contributed by atoms with Gasteiger partial charge in [-0.2, -0.15) is 0 Å². The van der Waals surface area contributed by atoms with Crippen LogP contribution in [0.4, 0.5) is 5.88 Å². The first-order chi connectivity index (χ1) is 21.1. The molecule has 3 aromatic carbocycles. The van der Waals surface area contributed by atoms with Gasteiger partial charge in [0.05, 0.1) is 11.2 Å². The van der Waals surface area contributed by atoms with Crippen LogP contribution in [0.5, 0.6) is 17.2 Å². The highest BCUT2D eigenvalue weighted by atomic mass is 32.2. The Morgan fingerprint density at radius 2 is 1.68 bits per heavy atom. The predicted octanol–water partition coefficient (Wildman–Crippen LogP) is 5.99. The van der Waals surface area contributed by atoms with E-state index in [2.05, 4.69) is 4.72 Å². The molecule has 1 atom stereocenters. The highest BCUT2D eigenvalue weighted by Crippen LogP contribution is 2.36. The fourth-order valence-corrected chi connectivity index (χ4v) is 5.78. The van der Waals surface area contributed by atoms with Crippen LogP contribution >= 0.6 is 0 Å². The number of benzene rings is 3. The molecule has 230 valence electrons. The van der Waals surface area contributed by atoms with Gasteiger partial charge < -0.3 is 18.6 Å². The fraction of sp³-hybridized carbons (Fsp3) is 0.273. The highest BCUT2D eigenvalue weighted by Gasteiger charge is 2.30. The number of nitrogens with zero attached hydrogens (tertiary/aromatic N) is 1. The number of carbonyl (C=O) groups is 2. The van der Waals surface area contributed by atoms with Crippen molar-refractivity contribution < 1.29 is 36.6 Å². The van der Waals surface area contributed by atoms with E-state index in [-0.39, 0.29) is 23.5 Å². The van der Waals surface area contributed by atoms with Crippen LogP contribution in [-0.4, -0.2) is 34.1 Å². The Morgan fingerprint density at radius 1 is 0.955 bits per heavy atom. The molecule has 0 aliphatic carbocycles. The Balaban J connectivity index is 1.47. The third-order valence-electron chi connectivity index (χ3n) is 7.24. The molecule has 0 saturated heterocycles. The van der Waals surface area contributed by atoms with Crippen LogP contribution in [0, 0.1) is 0 Å².